The largest absolute Gasteiger partial charge is 0.490 e. The second-order valence-electron chi connectivity index (χ2n) is 4.54. The van der Waals surface area contributed by atoms with Crippen molar-refractivity contribution in [3.63, 3.8) is 0 Å². The van der Waals surface area contributed by atoms with Crippen LogP contribution in [0.25, 0.3) is 11.6 Å². The van der Waals surface area contributed by atoms with Crippen molar-refractivity contribution < 1.29 is 9.47 Å². The molecule has 0 aliphatic carbocycles. The standard InChI is InChI=1S/C17H18N2O2S/c1-4-20-15-7-6-13(9-16(15)21-5-2)8-14(10-18)17-19-12(3)11-22-17/h6-9,11H,4-5H2,1-3H3/b14-8-. The van der Waals surface area contributed by atoms with Gasteiger partial charge in [0.1, 0.15) is 11.1 Å². The van der Waals surface area contributed by atoms with Crippen LogP contribution in [0.4, 0.5) is 0 Å². The van der Waals surface area contributed by atoms with Crippen molar-refractivity contribution in [1.82, 2.24) is 4.98 Å². The molecule has 114 valence electrons. The number of aryl methyl sites for hydroxylation is 1. The third kappa shape index (κ3) is 3.86. The normalized spacial score (nSPS) is 11.1. The van der Waals surface area contributed by atoms with Crippen LogP contribution in [0.5, 0.6) is 11.5 Å². The Balaban J connectivity index is 2.37. The summed E-state index contributed by atoms with van der Waals surface area (Å²) < 4.78 is 11.1. The van der Waals surface area contributed by atoms with E-state index in [0.717, 1.165) is 16.3 Å². The van der Waals surface area contributed by atoms with Crippen LogP contribution in [-0.2, 0) is 0 Å². The topological polar surface area (TPSA) is 55.1 Å². The Kier molecular flexibility index (Phi) is 5.56. The van der Waals surface area contributed by atoms with Crippen molar-refractivity contribution >= 4 is 23.0 Å². The summed E-state index contributed by atoms with van der Waals surface area (Å²) in [5.41, 5.74) is 2.35. The molecule has 5 heteroatoms. The summed E-state index contributed by atoms with van der Waals surface area (Å²) in [7, 11) is 0. The van der Waals surface area contributed by atoms with E-state index in [-0.39, 0.29) is 0 Å². The number of nitriles is 1. The number of nitrogens with zero attached hydrogens (tertiary/aromatic N) is 2. The van der Waals surface area contributed by atoms with E-state index in [2.05, 4.69) is 11.1 Å². The zero-order valence-corrected chi connectivity index (χ0v) is 13.7. The highest BCUT2D eigenvalue weighted by Gasteiger charge is 2.08. The highest BCUT2D eigenvalue weighted by molar-refractivity contribution is 7.11. The molecule has 4 nitrogen and oxygen atoms in total. The average molecular weight is 314 g/mol. The Morgan fingerprint density at radius 1 is 1.27 bits per heavy atom. The molecular weight excluding hydrogens is 296 g/mol. The first-order valence-corrected chi connectivity index (χ1v) is 7.99. The van der Waals surface area contributed by atoms with Crippen molar-refractivity contribution in [2.24, 2.45) is 0 Å². The number of aromatic nitrogens is 1. The molecule has 1 aromatic heterocycles. The van der Waals surface area contributed by atoms with Crippen LogP contribution >= 0.6 is 11.3 Å². The minimum Gasteiger partial charge on any atom is -0.490 e. The van der Waals surface area contributed by atoms with Crippen LogP contribution in [0.1, 0.15) is 30.1 Å². The van der Waals surface area contributed by atoms with Gasteiger partial charge in [-0.1, -0.05) is 6.07 Å². The number of hydrogen-bond acceptors (Lipinski definition) is 5. The summed E-state index contributed by atoms with van der Waals surface area (Å²) in [4.78, 5) is 4.36. The molecule has 22 heavy (non-hydrogen) atoms. The lowest BCUT2D eigenvalue weighted by Crippen LogP contribution is -1.98. The van der Waals surface area contributed by atoms with Gasteiger partial charge >= 0.3 is 0 Å². The quantitative estimate of drug-likeness (QED) is 0.745. The fraction of sp³-hybridized carbons (Fsp3) is 0.294. The van der Waals surface area contributed by atoms with E-state index in [0.29, 0.717) is 30.3 Å². The molecule has 0 aliphatic rings. The van der Waals surface area contributed by atoms with Crippen molar-refractivity contribution in [3.05, 3.63) is 39.8 Å². The number of benzene rings is 1. The molecule has 0 unspecified atom stereocenters. The van der Waals surface area contributed by atoms with E-state index >= 15 is 0 Å². The minimum atomic E-state index is 0.546. The van der Waals surface area contributed by atoms with Gasteiger partial charge < -0.3 is 9.47 Å². The van der Waals surface area contributed by atoms with Crippen LogP contribution in [0, 0.1) is 18.3 Å². The first-order valence-electron chi connectivity index (χ1n) is 7.11. The number of allylic oxidation sites excluding steroid dienone is 1. The predicted molar refractivity (Wildman–Crippen MR) is 89.1 cm³/mol. The van der Waals surface area contributed by atoms with Gasteiger partial charge in [-0.25, -0.2) is 4.98 Å². The molecule has 2 aromatic rings. The molecule has 0 aliphatic heterocycles. The molecule has 0 amide bonds. The average Bonchev–Trinajstić information content (AvgIpc) is 2.94. The number of thiazole rings is 1. The monoisotopic (exact) mass is 314 g/mol. The fourth-order valence-corrected chi connectivity index (χ4v) is 2.71. The van der Waals surface area contributed by atoms with Gasteiger partial charge in [-0.05, 0) is 44.5 Å². The van der Waals surface area contributed by atoms with Gasteiger partial charge in [-0.15, -0.1) is 11.3 Å². The third-order valence-electron chi connectivity index (χ3n) is 2.85. The van der Waals surface area contributed by atoms with Crippen molar-refractivity contribution in [1.29, 1.82) is 5.26 Å². The summed E-state index contributed by atoms with van der Waals surface area (Å²) >= 11 is 1.47. The van der Waals surface area contributed by atoms with E-state index in [4.69, 9.17) is 9.47 Å². The zero-order valence-electron chi connectivity index (χ0n) is 12.9. The number of rotatable bonds is 6. The summed E-state index contributed by atoms with van der Waals surface area (Å²) in [6.07, 6.45) is 1.82. The molecule has 0 N–H and O–H groups in total. The first kappa shape index (κ1) is 16.1. The Bertz CT molecular complexity index is 714. The third-order valence-corrected chi connectivity index (χ3v) is 3.84. The maximum absolute atomic E-state index is 9.35. The van der Waals surface area contributed by atoms with Gasteiger partial charge in [0.15, 0.2) is 11.5 Å². The lowest BCUT2D eigenvalue weighted by molar-refractivity contribution is 0.287. The second kappa shape index (κ2) is 7.62. The van der Waals surface area contributed by atoms with Crippen LogP contribution in [0.15, 0.2) is 23.6 Å². The number of ether oxygens (including phenoxy) is 2. The highest BCUT2D eigenvalue weighted by atomic mass is 32.1. The molecule has 1 aromatic carbocycles. The molecule has 2 rings (SSSR count). The molecule has 0 saturated heterocycles. The van der Waals surface area contributed by atoms with Gasteiger partial charge in [0.05, 0.1) is 18.8 Å². The van der Waals surface area contributed by atoms with Crippen LogP contribution < -0.4 is 9.47 Å². The fourth-order valence-electron chi connectivity index (χ4n) is 1.94. The molecule has 1 heterocycles. The van der Waals surface area contributed by atoms with Crippen molar-refractivity contribution in [2.75, 3.05) is 13.2 Å². The number of hydrogen-bond donors (Lipinski definition) is 0. The van der Waals surface area contributed by atoms with Gasteiger partial charge in [0.2, 0.25) is 0 Å². The SMILES string of the molecule is CCOc1ccc(/C=C(/C#N)c2nc(C)cs2)cc1OCC. The van der Waals surface area contributed by atoms with Crippen LogP contribution in [0.3, 0.4) is 0 Å². The zero-order chi connectivity index (χ0) is 15.9. The summed E-state index contributed by atoms with van der Waals surface area (Å²) in [5, 5.41) is 12.0. The smallest absolute Gasteiger partial charge is 0.161 e. The Morgan fingerprint density at radius 3 is 2.59 bits per heavy atom. The van der Waals surface area contributed by atoms with Crippen LogP contribution in [0.2, 0.25) is 0 Å². The second-order valence-corrected chi connectivity index (χ2v) is 5.39. The molecule has 0 fully saturated rings. The molecular formula is C17H18N2O2S. The first-order chi connectivity index (χ1) is 10.7. The molecule has 0 atom stereocenters. The van der Waals surface area contributed by atoms with E-state index in [1.807, 2.05) is 50.4 Å². The van der Waals surface area contributed by atoms with Gasteiger partial charge in [0.25, 0.3) is 0 Å². The maximum atomic E-state index is 9.35. The van der Waals surface area contributed by atoms with E-state index in [1.165, 1.54) is 11.3 Å². The van der Waals surface area contributed by atoms with Gasteiger partial charge in [0, 0.05) is 11.1 Å². The molecule has 0 radical (unpaired) electrons. The van der Waals surface area contributed by atoms with Crippen molar-refractivity contribution in [3.8, 4) is 17.6 Å². The lowest BCUT2D eigenvalue weighted by atomic mass is 10.1. The summed E-state index contributed by atoms with van der Waals surface area (Å²) in [5.74, 6) is 1.40. The van der Waals surface area contributed by atoms with Crippen molar-refractivity contribution in [2.45, 2.75) is 20.8 Å². The predicted octanol–water partition coefficient (Wildman–Crippen LogP) is 4.31. The molecule has 0 saturated carbocycles. The Hall–Kier alpha value is -2.32. The molecule has 0 spiro atoms. The van der Waals surface area contributed by atoms with E-state index < -0.39 is 0 Å². The maximum Gasteiger partial charge on any atom is 0.161 e. The van der Waals surface area contributed by atoms with E-state index in [1.54, 1.807) is 0 Å². The summed E-state index contributed by atoms with van der Waals surface area (Å²) in [6, 6.07) is 7.86. The van der Waals surface area contributed by atoms with Gasteiger partial charge in [-0.2, -0.15) is 5.26 Å². The van der Waals surface area contributed by atoms with Crippen LogP contribution in [-0.4, -0.2) is 18.2 Å². The van der Waals surface area contributed by atoms with E-state index in [9.17, 15) is 5.26 Å². The summed E-state index contributed by atoms with van der Waals surface area (Å²) in [6.45, 7) is 6.92. The Labute approximate surface area is 134 Å². The minimum absolute atomic E-state index is 0.546. The lowest BCUT2D eigenvalue weighted by Gasteiger charge is -2.11. The van der Waals surface area contributed by atoms with Gasteiger partial charge in [-0.3, -0.25) is 0 Å². The highest BCUT2D eigenvalue weighted by Crippen LogP contribution is 2.30. The Morgan fingerprint density at radius 2 is 2.00 bits per heavy atom. The molecule has 0 bridgehead atoms.